The number of hydrogen-bond donors (Lipinski definition) is 1. The second kappa shape index (κ2) is 5.13. The highest BCUT2D eigenvalue weighted by molar-refractivity contribution is 5.87. The maximum absolute atomic E-state index is 12.6. The first kappa shape index (κ1) is 15.6. The van der Waals surface area contributed by atoms with Crippen LogP contribution in [-0.2, 0) is 4.79 Å². The minimum atomic E-state index is -0.517. The molecule has 0 aromatic carbocycles. The number of nitrogens with zero attached hydrogens (tertiary/aromatic N) is 1. The predicted octanol–water partition coefficient (Wildman–Crippen LogP) is 2.96. The third kappa shape index (κ3) is 2.50. The van der Waals surface area contributed by atoms with Gasteiger partial charge >= 0.3 is 0 Å². The first-order valence-electron chi connectivity index (χ1n) is 8.53. The molecule has 4 heteroatoms. The van der Waals surface area contributed by atoms with E-state index in [1.54, 1.807) is 0 Å². The minimum Gasteiger partial charge on any atom is -0.344 e. The summed E-state index contributed by atoms with van der Waals surface area (Å²) in [5.41, 5.74) is 6.15. The van der Waals surface area contributed by atoms with Gasteiger partial charge in [-0.15, -0.1) is 12.4 Å². The molecule has 3 nitrogen and oxygen atoms in total. The largest absolute Gasteiger partial charge is 0.344 e. The van der Waals surface area contributed by atoms with Gasteiger partial charge in [0, 0.05) is 13.6 Å². The Kier molecular flexibility index (Phi) is 3.81. The Labute approximate surface area is 134 Å². The fourth-order valence-corrected chi connectivity index (χ4v) is 6.21. The van der Waals surface area contributed by atoms with Gasteiger partial charge in [0.15, 0.2) is 0 Å². The van der Waals surface area contributed by atoms with Crippen molar-refractivity contribution in [1.82, 2.24) is 4.90 Å². The highest BCUT2D eigenvalue weighted by Crippen LogP contribution is 2.60. The summed E-state index contributed by atoms with van der Waals surface area (Å²) in [5, 5.41) is 0. The summed E-state index contributed by atoms with van der Waals surface area (Å²) >= 11 is 0. The molecule has 0 unspecified atom stereocenters. The van der Waals surface area contributed by atoms with E-state index in [0.717, 1.165) is 43.6 Å². The summed E-state index contributed by atoms with van der Waals surface area (Å²) in [6.07, 6.45) is 11.4. The number of amides is 1. The van der Waals surface area contributed by atoms with Crippen LogP contribution in [0, 0.1) is 23.2 Å². The first-order valence-corrected chi connectivity index (χ1v) is 8.53. The zero-order valence-electron chi connectivity index (χ0n) is 13.1. The smallest absolute Gasteiger partial charge is 0.242 e. The van der Waals surface area contributed by atoms with Crippen molar-refractivity contribution < 1.29 is 4.79 Å². The molecule has 4 bridgehead atoms. The van der Waals surface area contributed by atoms with Crippen LogP contribution in [0.15, 0.2) is 0 Å². The fraction of sp³-hybridized carbons (Fsp3) is 0.941. The lowest BCUT2D eigenvalue weighted by Crippen LogP contribution is -2.61. The maximum Gasteiger partial charge on any atom is 0.242 e. The lowest BCUT2D eigenvalue weighted by Gasteiger charge is -2.58. The van der Waals surface area contributed by atoms with Gasteiger partial charge in [-0.2, -0.15) is 0 Å². The summed E-state index contributed by atoms with van der Waals surface area (Å²) < 4.78 is 0. The van der Waals surface area contributed by atoms with Crippen molar-refractivity contribution >= 4 is 18.3 Å². The van der Waals surface area contributed by atoms with Crippen molar-refractivity contribution in [3.8, 4) is 0 Å². The average molecular weight is 313 g/mol. The number of hydrogen-bond acceptors (Lipinski definition) is 2. The highest BCUT2D eigenvalue weighted by atomic mass is 35.5. The zero-order chi connectivity index (χ0) is 14.0. The summed E-state index contributed by atoms with van der Waals surface area (Å²) in [6.45, 7) is 0.967. The molecular weight excluding hydrogens is 284 g/mol. The van der Waals surface area contributed by atoms with Crippen LogP contribution in [-0.4, -0.2) is 29.9 Å². The second-order valence-corrected chi connectivity index (χ2v) is 8.59. The number of nitrogens with two attached hydrogens (primary N) is 1. The molecular formula is C17H29ClN2O. The standard InChI is InChI=1S/C17H28N2O.ClH/c1-19(15(20)17(18)3-2-4-17)11-16-8-12-5-13(9-16)7-14(6-12)10-16;/h12-14H,2-11,18H2,1H3;1H. The van der Waals surface area contributed by atoms with Crippen molar-refractivity contribution in [2.24, 2.45) is 28.9 Å². The van der Waals surface area contributed by atoms with Gasteiger partial charge in [-0.05, 0) is 81.0 Å². The van der Waals surface area contributed by atoms with Crippen LogP contribution < -0.4 is 5.73 Å². The van der Waals surface area contributed by atoms with Crippen molar-refractivity contribution in [3.05, 3.63) is 0 Å². The Hall–Kier alpha value is -0.280. The summed E-state index contributed by atoms with van der Waals surface area (Å²) in [4.78, 5) is 14.6. The lowest BCUT2D eigenvalue weighted by atomic mass is 9.49. The minimum absolute atomic E-state index is 0. The SMILES string of the molecule is CN(CC12CC3CC(CC(C3)C1)C2)C(=O)C1(N)CCC1.Cl. The van der Waals surface area contributed by atoms with Crippen LogP contribution >= 0.6 is 12.4 Å². The number of halogens is 1. The Bertz CT molecular complexity index is 397. The van der Waals surface area contributed by atoms with E-state index in [2.05, 4.69) is 0 Å². The lowest BCUT2D eigenvalue weighted by molar-refractivity contribution is -0.144. The van der Waals surface area contributed by atoms with Crippen molar-refractivity contribution in [3.63, 3.8) is 0 Å². The summed E-state index contributed by atoms with van der Waals surface area (Å²) in [6, 6.07) is 0. The molecule has 21 heavy (non-hydrogen) atoms. The van der Waals surface area contributed by atoms with Gasteiger partial charge in [-0.25, -0.2) is 0 Å². The number of carbonyl (C=O) groups excluding carboxylic acids is 1. The van der Waals surface area contributed by atoms with Crippen molar-refractivity contribution in [2.75, 3.05) is 13.6 Å². The van der Waals surface area contributed by atoms with Crippen LogP contribution in [0.4, 0.5) is 0 Å². The van der Waals surface area contributed by atoms with Crippen LogP contribution in [0.25, 0.3) is 0 Å². The quantitative estimate of drug-likeness (QED) is 0.871. The van der Waals surface area contributed by atoms with E-state index in [1.807, 2.05) is 11.9 Å². The number of rotatable bonds is 3. The van der Waals surface area contributed by atoms with Gasteiger partial charge in [0.1, 0.15) is 0 Å². The molecule has 5 fully saturated rings. The number of likely N-dealkylation sites (N-methyl/N-ethyl adjacent to an activating group) is 1. The maximum atomic E-state index is 12.6. The molecule has 0 aromatic heterocycles. The molecule has 5 rings (SSSR count). The van der Waals surface area contributed by atoms with Crippen LogP contribution in [0.2, 0.25) is 0 Å². The van der Waals surface area contributed by atoms with E-state index in [1.165, 1.54) is 38.5 Å². The molecule has 0 saturated heterocycles. The van der Waals surface area contributed by atoms with Gasteiger partial charge < -0.3 is 10.6 Å². The fourth-order valence-electron chi connectivity index (χ4n) is 6.21. The van der Waals surface area contributed by atoms with E-state index in [4.69, 9.17) is 5.73 Å². The van der Waals surface area contributed by atoms with Crippen LogP contribution in [0.1, 0.15) is 57.8 Å². The van der Waals surface area contributed by atoms with E-state index < -0.39 is 5.54 Å². The molecule has 0 atom stereocenters. The molecule has 0 heterocycles. The Morgan fingerprint density at radius 3 is 1.95 bits per heavy atom. The predicted molar refractivity (Wildman–Crippen MR) is 86.3 cm³/mol. The highest BCUT2D eigenvalue weighted by Gasteiger charge is 2.52. The summed E-state index contributed by atoms with van der Waals surface area (Å²) in [7, 11) is 1.99. The van der Waals surface area contributed by atoms with Crippen molar-refractivity contribution in [2.45, 2.75) is 63.3 Å². The molecule has 120 valence electrons. The molecule has 0 spiro atoms. The van der Waals surface area contributed by atoms with E-state index in [9.17, 15) is 4.79 Å². The first-order chi connectivity index (χ1) is 9.48. The molecule has 0 aromatic rings. The second-order valence-electron chi connectivity index (χ2n) is 8.59. The number of carbonyl (C=O) groups is 1. The topological polar surface area (TPSA) is 46.3 Å². The Morgan fingerprint density at radius 2 is 1.57 bits per heavy atom. The molecule has 0 aliphatic heterocycles. The third-order valence-corrected chi connectivity index (χ3v) is 6.76. The van der Waals surface area contributed by atoms with Crippen molar-refractivity contribution in [1.29, 1.82) is 0 Å². The van der Waals surface area contributed by atoms with Gasteiger partial charge in [0.25, 0.3) is 0 Å². The van der Waals surface area contributed by atoms with Gasteiger partial charge in [-0.3, -0.25) is 4.79 Å². The van der Waals surface area contributed by atoms with E-state index in [0.29, 0.717) is 5.41 Å². The summed E-state index contributed by atoms with van der Waals surface area (Å²) in [5.74, 6) is 3.08. The molecule has 0 radical (unpaired) electrons. The molecule has 5 aliphatic rings. The van der Waals surface area contributed by atoms with E-state index in [-0.39, 0.29) is 18.3 Å². The Morgan fingerprint density at radius 1 is 1.10 bits per heavy atom. The molecule has 2 N–H and O–H groups in total. The molecule has 5 aliphatic carbocycles. The Balaban J connectivity index is 0.00000132. The van der Waals surface area contributed by atoms with Gasteiger partial charge in [0.2, 0.25) is 5.91 Å². The van der Waals surface area contributed by atoms with Gasteiger partial charge in [0.05, 0.1) is 5.54 Å². The normalized spacial score (nSPS) is 42.1. The van der Waals surface area contributed by atoms with Gasteiger partial charge in [-0.1, -0.05) is 0 Å². The monoisotopic (exact) mass is 312 g/mol. The zero-order valence-corrected chi connectivity index (χ0v) is 14.0. The molecule has 1 amide bonds. The van der Waals surface area contributed by atoms with E-state index >= 15 is 0 Å². The average Bonchev–Trinajstić information content (AvgIpc) is 2.32. The van der Waals surface area contributed by atoms with Crippen LogP contribution in [0.5, 0.6) is 0 Å². The van der Waals surface area contributed by atoms with Crippen LogP contribution in [0.3, 0.4) is 0 Å². The molecule has 5 saturated carbocycles. The third-order valence-electron chi connectivity index (χ3n) is 6.76.